The van der Waals surface area contributed by atoms with Crippen LogP contribution >= 0.6 is 0 Å². The zero-order valence-corrected chi connectivity index (χ0v) is 17.8. The van der Waals surface area contributed by atoms with Crippen molar-refractivity contribution in [1.29, 1.82) is 0 Å². The van der Waals surface area contributed by atoms with Crippen molar-refractivity contribution in [1.82, 2.24) is 13.9 Å². The number of amides is 1. The van der Waals surface area contributed by atoms with Crippen molar-refractivity contribution in [2.24, 2.45) is 0 Å². The molecule has 0 aliphatic carbocycles. The average molecular weight is 466 g/mol. The summed E-state index contributed by atoms with van der Waals surface area (Å²) in [5.74, 6) is -0.445. The molecule has 7 nitrogen and oxygen atoms in total. The van der Waals surface area contributed by atoms with Crippen LogP contribution in [0.5, 0.6) is 0 Å². The summed E-state index contributed by atoms with van der Waals surface area (Å²) >= 11 is 0. The molecule has 0 spiro atoms. The fourth-order valence-electron chi connectivity index (χ4n) is 3.68. The Labute approximate surface area is 182 Å². The van der Waals surface area contributed by atoms with E-state index in [1.165, 1.54) is 34.9 Å². The number of anilines is 1. The molecule has 3 aromatic rings. The van der Waals surface area contributed by atoms with Crippen LogP contribution in [-0.4, -0.2) is 41.3 Å². The van der Waals surface area contributed by atoms with Crippen molar-refractivity contribution < 1.29 is 26.4 Å². The topological polar surface area (TPSA) is 84.3 Å². The van der Waals surface area contributed by atoms with Crippen LogP contribution in [0.25, 0.3) is 11.0 Å². The fraction of sp³-hybridized carbons (Fsp3) is 0.333. The summed E-state index contributed by atoms with van der Waals surface area (Å²) in [5.41, 5.74) is 0.383. The van der Waals surface area contributed by atoms with E-state index < -0.39 is 27.7 Å². The number of benzene rings is 2. The Kier molecular flexibility index (Phi) is 5.95. The first kappa shape index (κ1) is 22.3. The number of nitrogens with zero attached hydrogens (tertiary/aromatic N) is 3. The van der Waals surface area contributed by atoms with Crippen LogP contribution in [0.4, 0.5) is 18.9 Å². The number of hydrogen-bond acceptors (Lipinski definition) is 4. The lowest BCUT2D eigenvalue weighted by molar-refractivity contribution is -0.137. The van der Waals surface area contributed by atoms with Crippen molar-refractivity contribution in [2.75, 3.05) is 18.4 Å². The van der Waals surface area contributed by atoms with E-state index in [2.05, 4.69) is 10.3 Å². The molecule has 1 fully saturated rings. The number of carbonyl (C=O) groups excluding carboxylic acids is 1. The van der Waals surface area contributed by atoms with Crippen LogP contribution in [-0.2, 0) is 27.5 Å². The monoisotopic (exact) mass is 466 g/mol. The second kappa shape index (κ2) is 8.55. The molecule has 0 unspecified atom stereocenters. The Morgan fingerprint density at radius 1 is 1.09 bits per heavy atom. The van der Waals surface area contributed by atoms with Gasteiger partial charge in [0.1, 0.15) is 0 Å². The number of hydrogen-bond donors (Lipinski definition) is 1. The minimum Gasteiger partial charge on any atom is -0.330 e. The summed E-state index contributed by atoms with van der Waals surface area (Å²) in [4.78, 5) is 16.6. The minimum absolute atomic E-state index is 0.00946. The van der Waals surface area contributed by atoms with Gasteiger partial charge in [-0.05, 0) is 49.2 Å². The number of aryl methyl sites for hydroxylation is 1. The highest BCUT2D eigenvalue weighted by Crippen LogP contribution is 2.30. The van der Waals surface area contributed by atoms with Crippen LogP contribution in [0.15, 0.2) is 53.7 Å². The molecule has 4 rings (SSSR count). The average Bonchev–Trinajstić information content (AvgIpc) is 3.42. The van der Waals surface area contributed by atoms with E-state index in [9.17, 15) is 26.4 Å². The molecular formula is C21H21F3N4O3S. The summed E-state index contributed by atoms with van der Waals surface area (Å²) in [6.45, 7) is 1.26. The SMILES string of the molecule is O=C(CCn1cnc2cc(S(=O)(=O)N3CCCC3)ccc21)Nc1cccc(C(F)(F)F)c1. The lowest BCUT2D eigenvalue weighted by atomic mass is 10.2. The Morgan fingerprint density at radius 2 is 1.84 bits per heavy atom. The first-order chi connectivity index (χ1) is 15.1. The normalized spacial score (nSPS) is 15.3. The zero-order chi connectivity index (χ0) is 22.9. The third kappa shape index (κ3) is 4.63. The number of fused-ring (bicyclic) bond motifs is 1. The molecule has 1 aromatic heterocycles. The number of imidazole rings is 1. The standard InChI is InChI=1S/C21H21F3N4O3S/c22-21(23,24)15-4-3-5-16(12-15)26-20(29)8-11-27-14-25-18-13-17(6-7-19(18)27)32(30,31)28-9-1-2-10-28/h3-7,12-14H,1-2,8-11H2,(H,26,29). The molecule has 0 bridgehead atoms. The molecular weight excluding hydrogens is 445 g/mol. The Bertz CT molecular complexity index is 1250. The maximum Gasteiger partial charge on any atom is 0.416 e. The number of sulfonamides is 1. The molecule has 1 amide bonds. The van der Waals surface area contributed by atoms with Crippen LogP contribution < -0.4 is 5.32 Å². The van der Waals surface area contributed by atoms with Gasteiger partial charge in [-0.15, -0.1) is 0 Å². The van der Waals surface area contributed by atoms with E-state index >= 15 is 0 Å². The third-order valence-corrected chi connectivity index (χ3v) is 7.24. The summed E-state index contributed by atoms with van der Waals surface area (Å²) in [5, 5.41) is 2.47. The predicted molar refractivity (Wildman–Crippen MR) is 112 cm³/mol. The lowest BCUT2D eigenvalue weighted by Crippen LogP contribution is -2.27. The Balaban J connectivity index is 1.43. The van der Waals surface area contributed by atoms with E-state index in [4.69, 9.17) is 0 Å². The molecule has 0 atom stereocenters. The predicted octanol–water partition coefficient (Wildman–Crippen LogP) is 3.87. The van der Waals surface area contributed by atoms with E-state index in [1.807, 2.05) is 0 Å². The van der Waals surface area contributed by atoms with Crippen molar-refractivity contribution in [2.45, 2.75) is 36.9 Å². The van der Waals surface area contributed by atoms with E-state index in [0.29, 0.717) is 24.1 Å². The molecule has 2 heterocycles. The van der Waals surface area contributed by atoms with Gasteiger partial charge in [0.05, 0.1) is 27.8 Å². The fourth-order valence-corrected chi connectivity index (χ4v) is 5.22. The van der Waals surface area contributed by atoms with Gasteiger partial charge >= 0.3 is 6.18 Å². The van der Waals surface area contributed by atoms with Gasteiger partial charge in [-0.25, -0.2) is 13.4 Å². The van der Waals surface area contributed by atoms with Crippen molar-refractivity contribution in [3.8, 4) is 0 Å². The van der Waals surface area contributed by atoms with Crippen LogP contribution in [0.1, 0.15) is 24.8 Å². The largest absolute Gasteiger partial charge is 0.416 e. The first-order valence-corrected chi connectivity index (χ1v) is 11.5. The molecule has 170 valence electrons. The summed E-state index contributed by atoms with van der Waals surface area (Å²) in [6.07, 6.45) is -1.28. The number of carbonyl (C=O) groups is 1. The minimum atomic E-state index is -4.49. The Morgan fingerprint density at radius 3 is 2.56 bits per heavy atom. The third-order valence-electron chi connectivity index (χ3n) is 5.35. The van der Waals surface area contributed by atoms with Gasteiger partial charge < -0.3 is 9.88 Å². The second-order valence-electron chi connectivity index (χ2n) is 7.58. The van der Waals surface area contributed by atoms with Crippen LogP contribution in [0, 0.1) is 0 Å². The van der Waals surface area contributed by atoms with Crippen molar-refractivity contribution in [3.05, 3.63) is 54.4 Å². The van der Waals surface area contributed by atoms with Crippen LogP contribution in [0.2, 0.25) is 0 Å². The van der Waals surface area contributed by atoms with E-state index in [1.54, 1.807) is 10.6 Å². The van der Waals surface area contributed by atoms with Gasteiger partial charge in [-0.1, -0.05) is 6.07 Å². The maximum absolute atomic E-state index is 12.8. The molecule has 0 saturated carbocycles. The summed E-state index contributed by atoms with van der Waals surface area (Å²) in [7, 11) is -3.56. The van der Waals surface area contributed by atoms with Gasteiger partial charge in [-0.2, -0.15) is 17.5 Å². The van der Waals surface area contributed by atoms with Gasteiger partial charge in [0.2, 0.25) is 15.9 Å². The van der Waals surface area contributed by atoms with Crippen molar-refractivity contribution >= 4 is 32.7 Å². The number of alkyl halides is 3. The molecule has 1 N–H and O–H groups in total. The molecule has 11 heteroatoms. The Hall–Kier alpha value is -2.92. The number of aromatic nitrogens is 2. The summed E-state index contributed by atoms with van der Waals surface area (Å²) < 4.78 is 67.1. The molecule has 32 heavy (non-hydrogen) atoms. The quantitative estimate of drug-likeness (QED) is 0.598. The molecule has 1 aliphatic rings. The molecule has 1 aliphatic heterocycles. The van der Waals surface area contributed by atoms with Crippen LogP contribution in [0.3, 0.4) is 0 Å². The van der Waals surface area contributed by atoms with Gasteiger partial charge in [0.15, 0.2) is 0 Å². The zero-order valence-electron chi connectivity index (χ0n) is 17.0. The molecule has 0 radical (unpaired) electrons. The first-order valence-electron chi connectivity index (χ1n) is 10.1. The number of halogens is 3. The highest BCUT2D eigenvalue weighted by atomic mass is 32.2. The second-order valence-corrected chi connectivity index (χ2v) is 9.51. The van der Waals surface area contributed by atoms with Gasteiger partial charge in [-0.3, -0.25) is 4.79 Å². The smallest absolute Gasteiger partial charge is 0.330 e. The van der Waals surface area contributed by atoms with Gasteiger partial charge in [0, 0.05) is 31.7 Å². The van der Waals surface area contributed by atoms with E-state index in [-0.39, 0.29) is 23.5 Å². The highest BCUT2D eigenvalue weighted by molar-refractivity contribution is 7.89. The maximum atomic E-state index is 12.8. The number of nitrogens with one attached hydrogen (secondary N) is 1. The van der Waals surface area contributed by atoms with Gasteiger partial charge in [0.25, 0.3) is 0 Å². The number of rotatable bonds is 6. The highest BCUT2D eigenvalue weighted by Gasteiger charge is 2.30. The summed E-state index contributed by atoms with van der Waals surface area (Å²) in [6, 6.07) is 9.13. The molecule has 2 aromatic carbocycles. The van der Waals surface area contributed by atoms with Crippen molar-refractivity contribution in [3.63, 3.8) is 0 Å². The molecule has 1 saturated heterocycles. The van der Waals surface area contributed by atoms with E-state index in [0.717, 1.165) is 25.0 Å². The lowest BCUT2D eigenvalue weighted by Gasteiger charge is -2.15.